The predicted molar refractivity (Wildman–Crippen MR) is 161 cm³/mol. The van der Waals surface area contributed by atoms with E-state index in [0.717, 1.165) is 5.69 Å². The van der Waals surface area contributed by atoms with Crippen molar-refractivity contribution in [3.63, 3.8) is 0 Å². The van der Waals surface area contributed by atoms with Crippen LogP contribution < -0.4 is 0 Å². The molecule has 0 N–H and O–H groups in total. The third-order valence-corrected chi connectivity index (χ3v) is 7.73. The first-order valence-corrected chi connectivity index (χ1v) is 13.0. The molecule has 0 saturated carbocycles. The summed E-state index contributed by atoms with van der Waals surface area (Å²) in [6.45, 7) is 0. The van der Waals surface area contributed by atoms with E-state index in [9.17, 15) is 0 Å². The Labute approximate surface area is 220 Å². The molecule has 0 bridgehead atoms. The van der Waals surface area contributed by atoms with Crippen molar-refractivity contribution in [2.75, 3.05) is 0 Å². The number of benzene rings is 6. The summed E-state index contributed by atoms with van der Waals surface area (Å²) in [6.07, 6.45) is 0. The van der Waals surface area contributed by atoms with Gasteiger partial charge in [-0.05, 0) is 53.6 Å². The summed E-state index contributed by atoms with van der Waals surface area (Å²) in [5.41, 5.74) is 9.66. The lowest BCUT2D eigenvalue weighted by Crippen LogP contribution is -1.97. The van der Waals surface area contributed by atoms with E-state index in [2.05, 4.69) is 155 Å². The van der Waals surface area contributed by atoms with Crippen LogP contribution in [0.2, 0.25) is 0 Å². The van der Waals surface area contributed by atoms with E-state index in [1.165, 1.54) is 60.4 Å². The standard InChI is InChI=1S/C36H24N2/c1-2-10-25(11-3-1)26-18-20-27(21-19-26)37-33-15-7-6-14-31(33)32-23-22-28(24-36(32)37)38-34-16-8-4-12-29(34)30-13-5-9-17-35(30)38/h1-24H. The van der Waals surface area contributed by atoms with Crippen molar-refractivity contribution in [1.29, 1.82) is 0 Å². The average Bonchev–Trinajstić information content (AvgIpc) is 3.50. The van der Waals surface area contributed by atoms with Gasteiger partial charge in [-0.3, -0.25) is 0 Å². The number of aromatic nitrogens is 2. The topological polar surface area (TPSA) is 9.86 Å². The third kappa shape index (κ3) is 3.07. The zero-order valence-corrected chi connectivity index (χ0v) is 20.8. The Morgan fingerprint density at radius 2 is 0.711 bits per heavy atom. The Kier molecular flexibility index (Phi) is 4.55. The van der Waals surface area contributed by atoms with Gasteiger partial charge in [-0.15, -0.1) is 0 Å². The van der Waals surface area contributed by atoms with Crippen LogP contribution in [0.15, 0.2) is 146 Å². The van der Waals surface area contributed by atoms with E-state index < -0.39 is 0 Å². The molecule has 2 nitrogen and oxygen atoms in total. The van der Waals surface area contributed by atoms with Crippen molar-refractivity contribution in [3.05, 3.63) is 146 Å². The highest BCUT2D eigenvalue weighted by Crippen LogP contribution is 2.37. The normalized spacial score (nSPS) is 11.7. The summed E-state index contributed by atoms with van der Waals surface area (Å²) in [6, 6.07) is 52.5. The fraction of sp³-hybridized carbons (Fsp3) is 0. The molecule has 0 fully saturated rings. The van der Waals surface area contributed by atoms with Gasteiger partial charge in [-0.25, -0.2) is 0 Å². The smallest absolute Gasteiger partial charge is 0.0561 e. The molecule has 2 heterocycles. The van der Waals surface area contributed by atoms with Crippen LogP contribution >= 0.6 is 0 Å². The minimum absolute atomic E-state index is 1.16. The Balaban J connectivity index is 1.39. The van der Waals surface area contributed by atoms with Gasteiger partial charge in [0.2, 0.25) is 0 Å². The second-order valence-electron chi connectivity index (χ2n) is 9.84. The number of hydrogen-bond acceptors (Lipinski definition) is 0. The minimum atomic E-state index is 1.16. The van der Waals surface area contributed by atoms with E-state index in [-0.39, 0.29) is 0 Å². The second kappa shape index (κ2) is 8.22. The first-order chi connectivity index (χ1) is 18.9. The molecule has 0 aliphatic rings. The zero-order valence-electron chi connectivity index (χ0n) is 20.8. The summed E-state index contributed by atoms with van der Waals surface area (Å²) < 4.78 is 4.79. The van der Waals surface area contributed by atoms with Gasteiger partial charge >= 0.3 is 0 Å². The van der Waals surface area contributed by atoms with Crippen LogP contribution in [0.3, 0.4) is 0 Å². The quantitative estimate of drug-likeness (QED) is 0.236. The zero-order chi connectivity index (χ0) is 25.1. The van der Waals surface area contributed by atoms with Crippen molar-refractivity contribution >= 4 is 43.6 Å². The molecule has 38 heavy (non-hydrogen) atoms. The van der Waals surface area contributed by atoms with Crippen molar-refractivity contribution in [3.8, 4) is 22.5 Å². The van der Waals surface area contributed by atoms with Crippen molar-refractivity contribution in [1.82, 2.24) is 9.13 Å². The maximum atomic E-state index is 2.40. The van der Waals surface area contributed by atoms with E-state index in [0.29, 0.717) is 0 Å². The fourth-order valence-corrected chi connectivity index (χ4v) is 6.01. The molecule has 0 aliphatic carbocycles. The van der Waals surface area contributed by atoms with Crippen molar-refractivity contribution in [2.45, 2.75) is 0 Å². The maximum Gasteiger partial charge on any atom is 0.0561 e. The van der Waals surface area contributed by atoms with Crippen LogP contribution in [0.1, 0.15) is 0 Å². The lowest BCUT2D eigenvalue weighted by atomic mass is 10.1. The highest BCUT2D eigenvalue weighted by Gasteiger charge is 2.16. The summed E-state index contributed by atoms with van der Waals surface area (Å²) in [4.78, 5) is 0. The molecule has 0 amide bonds. The molecule has 0 unspecified atom stereocenters. The van der Waals surface area contributed by atoms with E-state index >= 15 is 0 Å². The third-order valence-electron chi connectivity index (χ3n) is 7.73. The van der Waals surface area contributed by atoms with Gasteiger partial charge in [0.1, 0.15) is 0 Å². The summed E-state index contributed by atoms with van der Waals surface area (Å²) in [5.74, 6) is 0. The van der Waals surface area contributed by atoms with Gasteiger partial charge in [0, 0.05) is 32.9 Å². The van der Waals surface area contributed by atoms with Crippen LogP contribution in [-0.4, -0.2) is 9.13 Å². The second-order valence-corrected chi connectivity index (χ2v) is 9.84. The Bertz CT molecular complexity index is 2060. The highest BCUT2D eigenvalue weighted by molar-refractivity contribution is 6.12. The van der Waals surface area contributed by atoms with Crippen molar-refractivity contribution < 1.29 is 0 Å². The van der Waals surface area contributed by atoms with Gasteiger partial charge in [-0.1, -0.05) is 103 Å². The summed E-state index contributed by atoms with van der Waals surface area (Å²) in [5, 5.41) is 5.08. The van der Waals surface area contributed by atoms with Crippen LogP contribution in [0.25, 0.3) is 66.1 Å². The lowest BCUT2D eigenvalue weighted by molar-refractivity contribution is 1.15. The van der Waals surface area contributed by atoms with Gasteiger partial charge in [0.15, 0.2) is 0 Å². The molecule has 2 heteroatoms. The van der Waals surface area contributed by atoms with Gasteiger partial charge in [0.25, 0.3) is 0 Å². The van der Waals surface area contributed by atoms with E-state index in [4.69, 9.17) is 0 Å². The molecule has 0 radical (unpaired) electrons. The van der Waals surface area contributed by atoms with E-state index in [1.807, 2.05) is 0 Å². The minimum Gasteiger partial charge on any atom is -0.309 e. The highest BCUT2D eigenvalue weighted by atomic mass is 15.0. The van der Waals surface area contributed by atoms with Crippen molar-refractivity contribution in [2.24, 2.45) is 0 Å². The molecule has 0 aliphatic heterocycles. The first kappa shape index (κ1) is 21.0. The molecular weight excluding hydrogens is 460 g/mol. The van der Waals surface area contributed by atoms with Gasteiger partial charge in [0.05, 0.1) is 22.1 Å². The SMILES string of the molecule is c1ccc(-c2ccc(-n3c4ccccc4c4ccc(-n5c6ccccc6c6ccccc65)cc43)cc2)cc1. The average molecular weight is 485 g/mol. The largest absolute Gasteiger partial charge is 0.309 e. The van der Waals surface area contributed by atoms with Crippen LogP contribution in [0.4, 0.5) is 0 Å². The number of para-hydroxylation sites is 3. The maximum absolute atomic E-state index is 2.40. The molecule has 0 saturated heterocycles. The number of fused-ring (bicyclic) bond motifs is 6. The monoisotopic (exact) mass is 484 g/mol. The predicted octanol–water partition coefficient (Wildman–Crippen LogP) is 9.55. The first-order valence-electron chi connectivity index (χ1n) is 13.0. The molecular formula is C36H24N2. The Hall–Kier alpha value is -5.08. The molecule has 0 spiro atoms. The van der Waals surface area contributed by atoms with Crippen LogP contribution in [0, 0.1) is 0 Å². The van der Waals surface area contributed by atoms with Gasteiger partial charge < -0.3 is 9.13 Å². The number of hydrogen-bond donors (Lipinski definition) is 0. The molecule has 8 rings (SSSR count). The summed E-state index contributed by atoms with van der Waals surface area (Å²) in [7, 11) is 0. The number of rotatable bonds is 3. The molecule has 8 aromatic rings. The van der Waals surface area contributed by atoms with Crippen LogP contribution in [-0.2, 0) is 0 Å². The Morgan fingerprint density at radius 3 is 1.29 bits per heavy atom. The molecule has 0 atom stereocenters. The van der Waals surface area contributed by atoms with Gasteiger partial charge in [-0.2, -0.15) is 0 Å². The van der Waals surface area contributed by atoms with E-state index in [1.54, 1.807) is 0 Å². The number of nitrogens with zero attached hydrogens (tertiary/aromatic N) is 2. The fourth-order valence-electron chi connectivity index (χ4n) is 6.01. The summed E-state index contributed by atoms with van der Waals surface area (Å²) >= 11 is 0. The molecule has 2 aromatic heterocycles. The molecule has 6 aromatic carbocycles. The lowest BCUT2D eigenvalue weighted by Gasteiger charge is -2.12. The molecule has 178 valence electrons. The Morgan fingerprint density at radius 1 is 0.289 bits per heavy atom. The van der Waals surface area contributed by atoms with Crippen LogP contribution in [0.5, 0.6) is 0 Å².